The first-order valence-electron chi connectivity index (χ1n) is 9.32. The van der Waals surface area contributed by atoms with Gasteiger partial charge in [-0.1, -0.05) is 0 Å². The summed E-state index contributed by atoms with van der Waals surface area (Å²) in [6, 6.07) is 13.6. The zero-order chi connectivity index (χ0) is 19.9. The van der Waals surface area contributed by atoms with Crippen molar-refractivity contribution in [3.05, 3.63) is 60.2 Å². The van der Waals surface area contributed by atoms with Crippen molar-refractivity contribution in [3.8, 4) is 11.5 Å². The number of nitrogens with zero attached hydrogens (tertiary/aromatic N) is 3. The van der Waals surface area contributed by atoms with Gasteiger partial charge in [-0.25, -0.2) is 4.39 Å². The summed E-state index contributed by atoms with van der Waals surface area (Å²) >= 11 is 0. The number of aryl methyl sites for hydroxylation is 1. The highest BCUT2D eigenvalue weighted by molar-refractivity contribution is 5.90. The van der Waals surface area contributed by atoms with Gasteiger partial charge in [-0.15, -0.1) is 10.2 Å². The average molecular weight is 382 g/mol. The van der Waals surface area contributed by atoms with Crippen LogP contribution in [0.15, 0.2) is 52.9 Å². The van der Waals surface area contributed by atoms with Crippen molar-refractivity contribution >= 4 is 17.3 Å². The van der Waals surface area contributed by atoms with E-state index in [1.165, 1.54) is 12.1 Å². The number of rotatable bonds is 8. The number of carbonyl (C=O) groups excluding carboxylic acids is 1. The lowest BCUT2D eigenvalue weighted by Crippen LogP contribution is -2.21. The maximum absolute atomic E-state index is 13.0. The summed E-state index contributed by atoms with van der Waals surface area (Å²) in [6.45, 7) is 6.09. The molecular weight excluding hydrogens is 359 g/mol. The fourth-order valence-electron chi connectivity index (χ4n) is 2.85. The Kier molecular flexibility index (Phi) is 6.37. The Morgan fingerprint density at radius 3 is 2.36 bits per heavy atom. The van der Waals surface area contributed by atoms with E-state index in [0.717, 1.165) is 24.5 Å². The van der Waals surface area contributed by atoms with Crippen molar-refractivity contribution in [2.75, 3.05) is 23.3 Å². The van der Waals surface area contributed by atoms with Crippen molar-refractivity contribution < 1.29 is 13.6 Å². The molecule has 2 aromatic carbocycles. The second kappa shape index (κ2) is 9.12. The largest absolute Gasteiger partial charge is 0.421 e. The molecule has 0 saturated carbocycles. The first-order chi connectivity index (χ1) is 13.6. The molecule has 0 fully saturated rings. The molecule has 146 valence electrons. The molecule has 28 heavy (non-hydrogen) atoms. The standard InChI is InChI=1S/C21H23FN4O2/c1-3-26(4-2)18-11-9-17(10-12-18)23-19(27)13-14-20-24-25-21(28-20)15-5-7-16(22)8-6-15/h5-12H,3-4,13-14H2,1-2H3,(H,23,27). The maximum Gasteiger partial charge on any atom is 0.247 e. The van der Waals surface area contributed by atoms with E-state index >= 15 is 0 Å². The number of carbonyl (C=O) groups is 1. The molecule has 6 nitrogen and oxygen atoms in total. The molecule has 0 bridgehead atoms. The number of aromatic nitrogens is 2. The Hall–Kier alpha value is -3.22. The minimum absolute atomic E-state index is 0.128. The number of hydrogen-bond donors (Lipinski definition) is 1. The highest BCUT2D eigenvalue weighted by Gasteiger charge is 2.11. The SMILES string of the molecule is CCN(CC)c1ccc(NC(=O)CCc2nnc(-c3ccc(F)cc3)o2)cc1. The van der Waals surface area contributed by atoms with Crippen LogP contribution in [0.4, 0.5) is 15.8 Å². The van der Waals surface area contributed by atoms with Gasteiger partial charge in [-0.3, -0.25) is 4.79 Å². The van der Waals surface area contributed by atoms with Crippen LogP contribution in [-0.4, -0.2) is 29.2 Å². The summed E-state index contributed by atoms with van der Waals surface area (Å²) in [5.74, 6) is 0.219. The first kappa shape index (κ1) is 19.5. The van der Waals surface area contributed by atoms with Gasteiger partial charge in [0.1, 0.15) is 5.82 Å². The molecule has 0 radical (unpaired) electrons. The molecule has 1 heterocycles. The van der Waals surface area contributed by atoms with E-state index in [4.69, 9.17) is 4.42 Å². The molecule has 0 saturated heterocycles. The summed E-state index contributed by atoms with van der Waals surface area (Å²) in [5.41, 5.74) is 2.51. The van der Waals surface area contributed by atoms with Crippen LogP contribution >= 0.6 is 0 Å². The van der Waals surface area contributed by atoms with E-state index in [2.05, 4.69) is 34.3 Å². The van der Waals surface area contributed by atoms with Crippen molar-refractivity contribution in [2.45, 2.75) is 26.7 Å². The normalized spacial score (nSPS) is 10.7. The van der Waals surface area contributed by atoms with Crippen LogP contribution in [0.3, 0.4) is 0 Å². The third-order valence-electron chi connectivity index (χ3n) is 4.40. The Balaban J connectivity index is 1.52. The Bertz CT molecular complexity index is 903. The quantitative estimate of drug-likeness (QED) is 0.629. The second-order valence-corrected chi connectivity index (χ2v) is 6.28. The monoisotopic (exact) mass is 382 g/mol. The van der Waals surface area contributed by atoms with Crippen LogP contribution in [0.1, 0.15) is 26.2 Å². The van der Waals surface area contributed by atoms with Crippen LogP contribution in [0, 0.1) is 5.82 Å². The van der Waals surface area contributed by atoms with Gasteiger partial charge in [0.2, 0.25) is 17.7 Å². The topological polar surface area (TPSA) is 71.3 Å². The third kappa shape index (κ3) is 4.94. The molecule has 1 amide bonds. The van der Waals surface area contributed by atoms with Gasteiger partial charge in [-0.2, -0.15) is 0 Å². The van der Waals surface area contributed by atoms with Gasteiger partial charge in [0.25, 0.3) is 0 Å². The number of amides is 1. The van der Waals surface area contributed by atoms with E-state index < -0.39 is 0 Å². The molecule has 0 atom stereocenters. The van der Waals surface area contributed by atoms with E-state index in [9.17, 15) is 9.18 Å². The summed E-state index contributed by atoms with van der Waals surface area (Å²) < 4.78 is 18.5. The molecule has 0 aliphatic rings. The van der Waals surface area contributed by atoms with Gasteiger partial charge >= 0.3 is 0 Å². The fourth-order valence-corrected chi connectivity index (χ4v) is 2.85. The van der Waals surface area contributed by atoms with Crippen molar-refractivity contribution in [3.63, 3.8) is 0 Å². The van der Waals surface area contributed by atoms with Gasteiger partial charge in [0, 0.05) is 42.9 Å². The molecule has 1 N–H and O–H groups in total. The van der Waals surface area contributed by atoms with Crippen LogP contribution in [0.2, 0.25) is 0 Å². The zero-order valence-electron chi connectivity index (χ0n) is 16.0. The molecule has 0 aliphatic heterocycles. The molecule has 0 unspecified atom stereocenters. The van der Waals surface area contributed by atoms with E-state index in [1.54, 1.807) is 12.1 Å². The van der Waals surface area contributed by atoms with Crippen LogP contribution in [0.5, 0.6) is 0 Å². The second-order valence-electron chi connectivity index (χ2n) is 6.28. The number of hydrogen-bond acceptors (Lipinski definition) is 5. The van der Waals surface area contributed by atoms with Crippen LogP contribution in [0.25, 0.3) is 11.5 Å². The Morgan fingerprint density at radius 1 is 1.04 bits per heavy atom. The predicted molar refractivity (Wildman–Crippen MR) is 107 cm³/mol. The number of halogens is 1. The van der Waals surface area contributed by atoms with Crippen LogP contribution in [-0.2, 0) is 11.2 Å². The molecule has 0 aliphatic carbocycles. The summed E-state index contributed by atoms with van der Waals surface area (Å²) in [5, 5.41) is 10.8. The van der Waals surface area contributed by atoms with Crippen LogP contribution < -0.4 is 10.2 Å². The number of nitrogens with one attached hydrogen (secondary N) is 1. The Morgan fingerprint density at radius 2 is 1.71 bits per heavy atom. The van der Waals surface area contributed by atoms with Crippen molar-refractivity contribution in [2.24, 2.45) is 0 Å². The highest BCUT2D eigenvalue weighted by atomic mass is 19.1. The van der Waals surface area contributed by atoms with Crippen molar-refractivity contribution in [1.82, 2.24) is 10.2 Å². The average Bonchev–Trinajstić information content (AvgIpc) is 3.18. The molecule has 3 rings (SSSR count). The first-order valence-corrected chi connectivity index (χ1v) is 9.32. The smallest absolute Gasteiger partial charge is 0.247 e. The minimum Gasteiger partial charge on any atom is -0.421 e. The fraction of sp³-hybridized carbons (Fsp3) is 0.286. The summed E-state index contributed by atoms with van der Waals surface area (Å²) in [6.07, 6.45) is 0.556. The lowest BCUT2D eigenvalue weighted by Gasteiger charge is -2.21. The minimum atomic E-state index is -0.328. The zero-order valence-corrected chi connectivity index (χ0v) is 16.0. The number of benzene rings is 2. The highest BCUT2D eigenvalue weighted by Crippen LogP contribution is 2.20. The molecule has 0 spiro atoms. The van der Waals surface area contributed by atoms with E-state index in [0.29, 0.717) is 23.8 Å². The van der Waals surface area contributed by atoms with E-state index in [-0.39, 0.29) is 18.1 Å². The molecule has 7 heteroatoms. The van der Waals surface area contributed by atoms with Gasteiger partial charge < -0.3 is 14.6 Å². The van der Waals surface area contributed by atoms with E-state index in [1.807, 2.05) is 24.3 Å². The number of anilines is 2. The molecule has 1 aromatic heterocycles. The lowest BCUT2D eigenvalue weighted by molar-refractivity contribution is -0.116. The lowest BCUT2D eigenvalue weighted by atomic mass is 10.2. The van der Waals surface area contributed by atoms with Gasteiger partial charge in [-0.05, 0) is 62.4 Å². The molecular formula is C21H23FN4O2. The van der Waals surface area contributed by atoms with Crippen molar-refractivity contribution in [1.29, 1.82) is 0 Å². The van der Waals surface area contributed by atoms with Gasteiger partial charge in [0.05, 0.1) is 0 Å². The predicted octanol–water partition coefficient (Wildman–Crippen LogP) is 4.29. The summed E-state index contributed by atoms with van der Waals surface area (Å²) in [4.78, 5) is 14.4. The third-order valence-corrected chi connectivity index (χ3v) is 4.40. The molecule has 3 aromatic rings. The maximum atomic E-state index is 13.0. The summed E-state index contributed by atoms with van der Waals surface area (Å²) in [7, 11) is 0. The Labute approximate surface area is 163 Å². The van der Waals surface area contributed by atoms with Gasteiger partial charge in [0.15, 0.2) is 0 Å².